The Morgan fingerprint density at radius 1 is 1.09 bits per heavy atom. The van der Waals surface area contributed by atoms with Gasteiger partial charge in [-0.3, -0.25) is 4.79 Å². The normalized spacial score (nSPS) is 21.2. The number of ether oxygens (including phenoxy) is 1. The SMILES string of the molecule is COc1cc(C(=O)N2CC3CCC2[C@@H]3N)cc2nc(-c3cc4ccc(-c5ccccc5C#N)nc4n3CC3CC3)n(C)c12. The molecule has 43 heavy (non-hydrogen) atoms. The second-order valence-electron chi connectivity index (χ2n) is 12.3. The number of aromatic nitrogens is 4. The number of hydrogen-bond acceptors (Lipinski definition) is 6. The van der Waals surface area contributed by atoms with Crippen LogP contribution in [0.25, 0.3) is 44.8 Å². The fraction of sp³-hybridized carbons (Fsp3) is 0.353. The van der Waals surface area contributed by atoms with Gasteiger partial charge in [-0.2, -0.15) is 5.26 Å². The van der Waals surface area contributed by atoms with Crippen molar-refractivity contribution < 1.29 is 9.53 Å². The number of nitriles is 1. The lowest BCUT2D eigenvalue weighted by atomic mass is 10.0. The summed E-state index contributed by atoms with van der Waals surface area (Å²) in [6.45, 7) is 1.56. The maximum absolute atomic E-state index is 13.7. The Bertz CT molecular complexity index is 1980. The summed E-state index contributed by atoms with van der Waals surface area (Å²) in [5.41, 5.74) is 12.6. The zero-order chi connectivity index (χ0) is 29.4. The third-order valence-corrected chi connectivity index (χ3v) is 9.75. The summed E-state index contributed by atoms with van der Waals surface area (Å²) in [5.74, 6) is 2.39. The summed E-state index contributed by atoms with van der Waals surface area (Å²) in [4.78, 5) is 25.9. The average molecular weight is 572 g/mol. The predicted molar refractivity (Wildman–Crippen MR) is 164 cm³/mol. The molecule has 3 atom stereocenters. The smallest absolute Gasteiger partial charge is 0.254 e. The van der Waals surface area contributed by atoms with Crippen LogP contribution < -0.4 is 10.5 Å². The van der Waals surface area contributed by atoms with Crippen LogP contribution in [0.1, 0.15) is 41.6 Å². The summed E-state index contributed by atoms with van der Waals surface area (Å²) in [7, 11) is 3.63. The lowest BCUT2D eigenvalue weighted by Crippen LogP contribution is -2.41. The van der Waals surface area contributed by atoms with Crippen LogP contribution in [-0.2, 0) is 13.6 Å². The maximum atomic E-state index is 13.7. The van der Waals surface area contributed by atoms with Crippen molar-refractivity contribution in [3.05, 3.63) is 65.7 Å². The molecule has 3 aliphatic rings. The summed E-state index contributed by atoms with van der Waals surface area (Å²) >= 11 is 0. The number of aryl methyl sites for hydroxylation is 1. The molecule has 2 aromatic carbocycles. The fourth-order valence-corrected chi connectivity index (χ4v) is 7.28. The zero-order valence-electron chi connectivity index (χ0n) is 24.3. The summed E-state index contributed by atoms with van der Waals surface area (Å²) in [6.07, 6.45) is 4.45. The van der Waals surface area contributed by atoms with Gasteiger partial charge in [0.05, 0.1) is 35.6 Å². The first-order chi connectivity index (χ1) is 20.9. The van der Waals surface area contributed by atoms with Crippen molar-refractivity contribution in [3.63, 3.8) is 0 Å². The quantitative estimate of drug-likeness (QED) is 0.303. The number of nitrogens with two attached hydrogens (primary N) is 1. The van der Waals surface area contributed by atoms with Crippen LogP contribution in [0.5, 0.6) is 5.75 Å². The Balaban J connectivity index is 1.25. The van der Waals surface area contributed by atoms with Crippen molar-refractivity contribution in [1.82, 2.24) is 24.0 Å². The zero-order valence-corrected chi connectivity index (χ0v) is 24.3. The van der Waals surface area contributed by atoms with Crippen LogP contribution in [0.4, 0.5) is 0 Å². The van der Waals surface area contributed by atoms with E-state index in [0.717, 1.165) is 58.7 Å². The van der Waals surface area contributed by atoms with Gasteiger partial charge in [-0.25, -0.2) is 9.97 Å². The lowest BCUT2D eigenvalue weighted by molar-refractivity contribution is 0.0700. The van der Waals surface area contributed by atoms with Gasteiger partial charge in [0.1, 0.15) is 16.9 Å². The molecule has 1 amide bonds. The first-order valence-corrected chi connectivity index (χ1v) is 15.1. The fourth-order valence-electron chi connectivity index (χ4n) is 7.28. The molecule has 0 radical (unpaired) electrons. The van der Waals surface area contributed by atoms with Crippen LogP contribution >= 0.6 is 0 Å². The maximum Gasteiger partial charge on any atom is 0.254 e. The minimum Gasteiger partial charge on any atom is -0.494 e. The molecule has 5 aromatic rings. The Morgan fingerprint density at radius 3 is 2.65 bits per heavy atom. The average Bonchev–Trinajstić information content (AvgIpc) is 3.44. The molecule has 0 spiro atoms. The van der Waals surface area contributed by atoms with Crippen molar-refractivity contribution in [2.45, 2.75) is 44.3 Å². The van der Waals surface area contributed by atoms with E-state index < -0.39 is 0 Å². The van der Waals surface area contributed by atoms with Gasteiger partial charge in [0.15, 0.2) is 5.82 Å². The van der Waals surface area contributed by atoms with Gasteiger partial charge in [-0.15, -0.1) is 0 Å². The van der Waals surface area contributed by atoms with E-state index in [4.69, 9.17) is 20.4 Å². The third-order valence-electron chi connectivity index (χ3n) is 9.75. The van der Waals surface area contributed by atoms with E-state index in [-0.39, 0.29) is 18.0 Å². The molecule has 1 saturated heterocycles. The molecular formula is C34H33N7O2. The summed E-state index contributed by atoms with van der Waals surface area (Å²) in [6, 6.07) is 20.0. The Hall–Kier alpha value is -4.68. The van der Waals surface area contributed by atoms with Gasteiger partial charge in [0.2, 0.25) is 0 Å². The van der Waals surface area contributed by atoms with Crippen LogP contribution in [0.2, 0.25) is 0 Å². The number of nitrogens with zero attached hydrogens (tertiary/aromatic N) is 6. The second kappa shape index (κ2) is 9.68. The van der Waals surface area contributed by atoms with Gasteiger partial charge >= 0.3 is 0 Å². The Labute approximate surface area is 249 Å². The number of rotatable bonds is 6. The van der Waals surface area contributed by atoms with Crippen molar-refractivity contribution in [3.8, 4) is 34.6 Å². The van der Waals surface area contributed by atoms with Gasteiger partial charge in [0, 0.05) is 48.7 Å². The number of fused-ring (bicyclic) bond motifs is 4. The number of hydrogen-bond donors (Lipinski definition) is 1. The molecule has 9 nitrogen and oxygen atoms in total. The Morgan fingerprint density at radius 2 is 1.93 bits per heavy atom. The minimum atomic E-state index is -0.00715. The number of amides is 1. The van der Waals surface area contributed by atoms with Crippen LogP contribution in [0.15, 0.2) is 54.6 Å². The third kappa shape index (κ3) is 4.04. The molecule has 4 heterocycles. The van der Waals surface area contributed by atoms with E-state index >= 15 is 0 Å². The van der Waals surface area contributed by atoms with E-state index in [1.165, 1.54) is 12.8 Å². The molecule has 2 N–H and O–H groups in total. The first kappa shape index (κ1) is 26.0. The van der Waals surface area contributed by atoms with Gasteiger partial charge in [0.25, 0.3) is 5.91 Å². The van der Waals surface area contributed by atoms with Crippen LogP contribution in [-0.4, -0.2) is 55.6 Å². The number of piperidine rings is 1. The highest BCUT2D eigenvalue weighted by Gasteiger charge is 2.47. The van der Waals surface area contributed by atoms with Gasteiger partial charge < -0.3 is 24.5 Å². The van der Waals surface area contributed by atoms with E-state index in [0.29, 0.717) is 40.8 Å². The van der Waals surface area contributed by atoms with Gasteiger partial charge in [-0.1, -0.05) is 18.2 Å². The molecule has 216 valence electrons. The summed E-state index contributed by atoms with van der Waals surface area (Å²) in [5, 5.41) is 10.7. The van der Waals surface area contributed by atoms with E-state index in [1.54, 1.807) is 7.11 Å². The largest absolute Gasteiger partial charge is 0.494 e. The van der Waals surface area contributed by atoms with E-state index in [2.05, 4.69) is 27.3 Å². The molecule has 8 rings (SSSR count). The number of benzene rings is 2. The molecule has 2 unspecified atom stereocenters. The van der Waals surface area contributed by atoms with Crippen molar-refractivity contribution in [2.24, 2.45) is 24.6 Å². The minimum absolute atomic E-state index is 0.00715. The number of carbonyl (C=O) groups is 1. The molecule has 2 aliphatic carbocycles. The number of methoxy groups -OCH3 is 1. The number of carbonyl (C=O) groups excluding carboxylic acids is 1. The second-order valence-corrected chi connectivity index (χ2v) is 12.3. The Kier molecular flexibility index (Phi) is 5.85. The molecular weight excluding hydrogens is 538 g/mol. The molecule has 2 saturated carbocycles. The lowest BCUT2D eigenvalue weighted by Gasteiger charge is -2.27. The van der Waals surface area contributed by atoms with E-state index in [9.17, 15) is 10.1 Å². The van der Waals surface area contributed by atoms with Crippen LogP contribution in [0, 0.1) is 23.2 Å². The highest BCUT2D eigenvalue weighted by atomic mass is 16.5. The monoisotopic (exact) mass is 571 g/mol. The first-order valence-electron chi connectivity index (χ1n) is 15.1. The van der Waals surface area contributed by atoms with Crippen LogP contribution in [0.3, 0.4) is 0 Å². The van der Waals surface area contributed by atoms with Crippen molar-refractivity contribution in [2.75, 3.05) is 13.7 Å². The van der Waals surface area contributed by atoms with Crippen molar-refractivity contribution >= 4 is 28.0 Å². The van der Waals surface area contributed by atoms with Crippen molar-refractivity contribution in [1.29, 1.82) is 5.26 Å². The van der Waals surface area contributed by atoms with Gasteiger partial charge in [-0.05, 0) is 73.9 Å². The molecule has 2 bridgehead atoms. The number of pyridine rings is 1. The summed E-state index contributed by atoms with van der Waals surface area (Å²) < 4.78 is 10.2. The molecule has 3 aromatic heterocycles. The predicted octanol–water partition coefficient (Wildman–Crippen LogP) is 5.11. The molecule has 9 heteroatoms. The number of imidazole rings is 1. The topological polar surface area (TPSA) is 115 Å². The molecule has 1 aliphatic heterocycles. The molecule has 3 fully saturated rings. The highest BCUT2D eigenvalue weighted by Crippen LogP contribution is 2.40. The van der Waals surface area contributed by atoms with E-state index in [1.807, 2.05) is 54.4 Å². The standard InChI is InChI=1S/C34H33N7O2/c1-39-31-26(13-23(15-29(31)43-2)34(42)41-18-22-10-12-27(41)30(22)36)38-33(39)28-14-20-9-11-25(24-6-4-3-5-21(24)16-35)37-32(20)40(28)17-19-7-8-19/h3-6,9,11,13-15,19,22,27,30H,7-8,10,12,17-18,36H2,1-2H3/t22?,27?,30-/m1/s1. The highest BCUT2D eigenvalue weighted by molar-refractivity contribution is 6.00. The number of likely N-dealkylation sites (tertiary alicyclic amines) is 1.